The number of amides is 1. The van der Waals surface area contributed by atoms with E-state index in [2.05, 4.69) is 10.3 Å². The highest BCUT2D eigenvalue weighted by Crippen LogP contribution is 2.10. The van der Waals surface area contributed by atoms with E-state index in [-0.39, 0.29) is 5.91 Å². The Kier molecular flexibility index (Phi) is 4.85. The molecule has 3 N–H and O–H groups in total. The highest BCUT2D eigenvalue weighted by atomic mass is 16.1. The molecule has 0 saturated carbocycles. The fraction of sp³-hybridized carbons (Fsp3) is 0.250. The van der Waals surface area contributed by atoms with Gasteiger partial charge >= 0.3 is 0 Å². The highest BCUT2D eigenvalue weighted by Gasteiger charge is 2.10. The predicted molar refractivity (Wildman–Crippen MR) is 79.3 cm³/mol. The van der Waals surface area contributed by atoms with Crippen LogP contribution in [0.3, 0.4) is 0 Å². The Morgan fingerprint density at radius 2 is 2.05 bits per heavy atom. The van der Waals surface area contributed by atoms with E-state index in [1.54, 1.807) is 6.20 Å². The summed E-state index contributed by atoms with van der Waals surface area (Å²) in [4.78, 5) is 16.5. The zero-order chi connectivity index (χ0) is 14.4. The van der Waals surface area contributed by atoms with Gasteiger partial charge in [-0.2, -0.15) is 0 Å². The number of nitrogens with zero attached hydrogens (tertiary/aromatic N) is 1. The minimum absolute atomic E-state index is 0.0842. The molecule has 4 nitrogen and oxygen atoms in total. The highest BCUT2D eigenvalue weighted by molar-refractivity contribution is 5.95. The molecular formula is C16H19N3O. The first-order chi connectivity index (χ1) is 9.72. The molecule has 0 bridgehead atoms. The maximum absolute atomic E-state index is 12.2. The Hall–Kier alpha value is -2.20. The number of hydrogen-bond donors (Lipinski definition) is 2. The standard InChI is InChI=1S/C16H19N3O/c1-12-5-4-10-18-15(12)11-19-16(20)14-7-3-2-6-13(14)8-9-17/h2-7,10H,8-9,11,17H2,1H3,(H,19,20). The first kappa shape index (κ1) is 14.2. The maximum atomic E-state index is 12.2. The van der Waals surface area contributed by atoms with Gasteiger partial charge in [-0.25, -0.2) is 0 Å². The Morgan fingerprint density at radius 1 is 1.25 bits per heavy atom. The number of aryl methyl sites for hydroxylation is 1. The van der Waals surface area contributed by atoms with Crippen molar-refractivity contribution in [1.82, 2.24) is 10.3 Å². The van der Waals surface area contributed by atoms with Crippen LogP contribution in [0.2, 0.25) is 0 Å². The summed E-state index contributed by atoms with van der Waals surface area (Å²) in [6, 6.07) is 11.4. The average molecular weight is 269 g/mol. The summed E-state index contributed by atoms with van der Waals surface area (Å²) in [5.74, 6) is -0.0842. The van der Waals surface area contributed by atoms with Crippen LogP contribution in [0.25, 0.3) is 0 Å². The minimum atomic E-state index is -0.0842. The van der Waals surface area contributed by atoms with Crippen LogP contribution < -0.4 is 11.1 Å². The number of carbonyl (C=O) groups is 1. The molecule has 1 heterocycles. The number of hydrogen-bond acceptors (Lipinski definition) is 3. The van der Waals surface area contributed by atoms with Crippen molar-refractivity contribution in [3.63, 3.8) is 0 Å². The van der Waals surface area contributed by atoms with E-state index in [4.69, 9.17) is 5.73 Å². The van der Waals surface area contributed by atoms with Gasteiger partial charge in [0.15, 0.2) is 0 Å². The van der Waals surface area contributed by atoms with E-state index in [1.165, 1.54) is 0 Å². The molecule has 2 rings (SSSR count). The average Bonchev–Trinajstić information content (AvgIpc) is 2.47. The minimum Gasteiger partial charge on any atom is -0.346 e. The molecule has 0 atom stereocenters. The van der Waals surface area contributed by atoms with Crippen molar-refractivity contribution in [3.8, 4) is 0 Å². The van der Waals surface area contributed by atoms with Gasteiger partial charge in [-0.05, 0) is 43.1 Å². The van der Waals surface area contributed by atoms with Crippen LogP contribution in [0.1, 0.15) is 27.2 Å². The summed E-state index contributed by atoms with van der Waals surface area (Å²) < 4.78 is 0. The van der Waals surface area contributed by atoms with Gasteiger partial charge in [-0.3, -0.25) is 9.78 Å². The summed E-state index contributed by atoms with van der Waals surface area (Å²) in [5.41, 5.74) is 9.19. The van der Waals surface area contributed by atoms with Gasteiger partial charge in [0.05, 0.1) is 12.2 Å². The van der Waals surface area contributed by atoms with Crippen LogP contribution in [0.4, 0.5) is 0 Å². The van der Waals surface area contributed by atoms with E-state index >= 15 is 0 Å². The summed E-state index contributed by atoms with van der Waals surface area (Å²) in [6.07, 6.45) is 2.43. The molecule has 1 aromatic heterocycles. The lowest BCUT2D eigenvalue weighted by Gasteiger charge is -2.10. The number of aromatic nitrogens is 1. The lowest BCUT2D eigenvalue weighted by molar-refractivity contribution is 0.0949. The van der Waals surface area contributed by atoms with Crippen molar-refractivity contribution in [2.45, 2.75) is 19.9 Å². The van der Waals surface area contributed by atoms with Crippen molar-refractivity contribution < 1.29 is 4.79 Å². The number of nitrogens with two attached hydrogens (primary N) is 1. The smallest absolute Gasteiger partial charge is 0.251 e. The van der Waals surface area contributed by atoms with Gasteiger partial charge in [0, 0.05) is 11.8 Å². The molecule has 0 aliphatic carbocycles. The molecule has 1 amide bonds. The van der Waals surface area contributed by atoms with Crippen molar-refractivity contribution in [2.75, 3.05) is 6.54 Å². The second-order valence-corrected chi connectivity index (χ2v) is 4.65. The molecule has 0 radical (unpaired) electrons. The molecule has 0 unspecified atom stereocenters. The molecule has 0 aliphatic rings. The summed E-state index contributed by atoms with van der Waals surface area (Å²) in [7, 11) is 0. The van der Waals surface area contributed by atoms with Gasteiger partial charge in [0.2, 0.25) is 0 Å². The Labute approximate surface area is 119 Å². The van der Waals surface area contributed by atoms with Gasteiger partial charge in [-0.15, -0.1) is 0 Å². The Bertz CT molecular complexity index is 596. The molecule has 2 aromatic rings. The third kappa shape index (κ3) is 3.42. The Morgan fingerprint density at radius 3 is 2.80 bits per heavy atom. The van der Waals surface area contributed by atoms with Crippen LogP contribution >= 0.6 is 0 Å². The van der Waals surface area contributed by atoms with E-state index in [0.29, 0.717) is 25.1 Å². The normalized spacial score (nSPS) is 10.3. The molecule has 0 aliphatic heterocycles. The molecular weight excluding hydrogens is 250 g/mol. The van der Waals surface area contributed by atoms with Crippen LogP contribution in [-0.2, 0) is 13.0 Å². The van der Waals surface area contributed by atoms with Crippen LogP contribution in [0, 0.1) is 6.92 Å². The zero-order valence-electron chi connectivity index (χ0n) is 11.6. The lowest BCUT2D eigenvalue weighted by atomic mass is 10.0. The molecule has 1 aromatic carbocycles. The molecule has 0 saturated heterocycles. The van der Waals surface area contributed by atoms with Crippen LogP contribution in [0.15, 0.2) is 42.6 Å². The third-order valence-corrected chi connectivity index (χ3v) is 3.21. The fourth-order valence-corrected chi connectivity index (χ4v) is 2.08. The fourth-order valence-electron chi connectivity index (χ4n) is 2.08. The van der Waals surface area contributed by atoms with Gasteiger partial charge in [-0.1, -0.05) is 24.3 Å². The summed E-state index contributed by atoms with van der Waals surface area (Å²) >= 11 is 0. The Balaban J connectivity index is 2.07. The topological polar surface area (TPSA) is 68.0 Å². The van der Waals surface area contributed by atoms with E-state index < -0.39 is 0 Å². The number of pyridine rings is 1. The quantitative estimate of drug-likeness (QED) is 0.870. The molecule has 0 fully saturated rings. The number of benzene rings is 1. The van der Waals surface area contributed by atoms with Gasteiger partial charge in [0.25, 0.3) is 5.91 Å². The second kappa shape index (κ2) is 6.82. The van der Waals surface area contributed by atoms with Crippen molar-refractivity contribution >= 4 is 5.91 Å². The van der Waals surface area contributed by atoms with Crippen molar-refractivity contribution in [3.05, 3.63) is 65.0 Å². The SMILES string of the molecule is Cc1cccnc1CNC(=O)c1ccccc1CCN. The second-order valence-electron chi connectivity index (χ2n) is 4.65. The summed E-state index contributed by atoms with van der Waals surface area (Å²) in [6.45, 7) is 2.95. The van der Waals surface area contributed by atoms with Gasteiger partial charge in [0.1, 0.15) is 0 Å². The van der Waals surface area contributed by atoms with E-state index in [1.807, 2.05) is 43.3 Å². The lowest BCUT2D eigenvalue weighted by Crippen LogP contribution is -2.25. The molecule has 0 spiro atoms. The first-order valence-electron chi connectivity index (χ1n) is 6.69. The third-order valence-electron chi connectivity index (χ3n) is 3.21. The first-order valence-corrected chi connectivity index (χ1v) is 6.69. The maximum Gasteiger partial charge on any atom is 0.251 e. The largest absolute Gasteiger partial charge is 0.346 e. The van der Waals surface area contributed by atoms with Crippen LogP contribution in [0.5, 0.6) is 0 Å². The van der Waals surface area contributed by atoms with Crippen molar-refractivity contribution in [1.29, 1.82) is 0 Å². The predicted octanol–water partition coefficient (Wildman–Crippen LogP) is 1.82. The zero-order valence-corrected chi connectivity index (χ0v) is 11.6. The number of nitrogens with one attached hydrogen (secondary N) is 1. The van der Waals surface area contributed by atoms with Crippen molar-refractivity contribution in [2.24, 2.45) is 5.73 Å². The molecule has 104 valence electrons. The number of rotatable bonds is 5. The molecule has 4 heteroatoms. The molecule has 20 heavy (non-hydrogen) atoms. The van der Waals surface area contributed by atoms with E-state index in [9.17, 15) is 4.79 Å². The summed E-state index contributed by atoms with van der Waals surface area (Å²) in [5, 5.41) is 2.91. The van der Waals surface area contributed by atoms with Gasteiger partial charge < -0.3 is 11.1 Å². The number of carbonyl (C=O) groups excluding carboxylic acids is 1. The monoisotopic (exact) mass is 269 g/mol. The van der Waals surface area contributed by atoms with Crippen LogP contribution in [-0.4, -0.2) is 17.4 Å². The van der Waals surface area contributed by atoms with E-state index in [0.717, 1.165) is 16.8 Å².